The highest BCUT2D eigenvalue weighted by atomic mass is 14.7. The van der Waals surface area contributed by atoms with E-state index in [1.165, 1.54) is 32.1 Å². The van der Waals surface area contributed by atoms with E-state index in [9.17, 15) is 0 Å². The third-order valence-corrected chi connectivity index (χ3v) is 20.1. The molecular weight excluding hydrogens is 613 g/mol. The van der Waals surface area contributed by atoms with Crippen LogP contribution < -0.4 is 0 Å². The molecule has 9 atom stereocenters. The molecule has 0 aromatic rings. The molecule has 0 aromatic carbocycles. The van der Waals surface area contributed by atoms with Crippen LogP contribution in [-0.2, 0) is 0 Å². The highest BCUT2D eigenvalue weighted by Gasteiger charge is 2.67. The van der Waals surface area contributed by atoms with Crippen molar-refractivity contribution >= 4 is 0 Å². The van der Waals surface area contributed by atoms with Crippen LogP contribution in [0, 0.1) is 109 Å². The molecular formula is C51H76. The maximum Gasteiger partial charge on any atom is -0.00921 e. The van der Waals surface area contributed by atoms with Crippen molar-refractivity contribution in [3.8, 4) is 0 Å². The summed E-state index contributed by atoms with van der Waals surface area (Å²) in [7, 11) is 0. The van der Waals surface area contributed by atoms with Gasteiger partial charge < -0.3 is 0 Å². The van der Waals surface area contributed by atoms with Gasteiger partial charge in [-0.3, -0.25) is 0 Å². The van der Waals surface area contributed by atoms with Gasteiger partial charge in [0.2, 0.25) is 0 Å². The first-order valence-corrected chi connectivity index (χ1v) is 22.7. The summed E-state index contributed by atoms with van der Waals surface area (Å²) >= 11 is 0. The van der Waals surface area contributed by atoms with E-state index in [1.54, 1.807) is 73.7 Å². The Morgan fingerprint density at radius 1 is 0.490 bits per heavy atom. The van der Waals surface area contributed by atoms with Crippen molar-refractivity contribution in [2.24, 2.45) is 109 Å². The average molecular weight is 689 g/mol. The van der Waals surface area contributed by atoms with Gasteiger partial charge in [0.15, 0.2) is 0 Å². The molecule has 11 aliphatic carbocycles. The minimum absolute atomic E-state index is 0.288. The molecule has 9 fully saturated rings. The van der Waals surface area contributed by atoms with Gasteiger partial charge >= 0.3 is 0 Å². The molecule has 8 unspecified atom stereocenters. The van der Waals surface area contributed by atoms with Crippen molar-refractivity contribution in [3.63, 3.8) is 0 Å². The first kappa shape index (κ1) is 34.5. The Morgan fingerprint density at radius 2 is 0.882 bits per heavy atom. The molecule has 0 radical (unpaired) electrons. The van der Waals surface area contributed by atoms with E-state index < -0.39 is 0 Å². The van der Waals surface area contributed by atoms with Crippen molar-refractivity contribution in [1.29, 1.82) is 0 Å². The predicted octanol–water partition coefficient (Wildman–Crippen LogP) is 14.0. The fourth-order valence-electron chi connectivity index (χ4n) is 17.7. The number of hydrogen-bond donors (Lipinski definition) is 0. The van der Waals surface area contributed by atoms with Gasteiger partial charge in [0.25, 0.3) is 0 Å². The standard InChI is InChI=1S/C51H76/c1-29(2)39-28-50(11,40-20-33(19-36(39)40)51-25-30-16-31(26-51)18-32(17-30)27-51)45-37-23-43-41(46(3,4)12-14-48(43,7)8)21-34(37)35-22-42-44(24-38(35)45)49(9,10)15-13-47(42,5)6/h21-24,29-40,45H,12-20,25-28H2,1-11H3/t30?,31?,32?,33?,34?,35?,36?,37?,38?,39-,40?,45?,50?,51?/m1/s1. The van der Waals surface area contributed by atoms with Crippen LogP contribution in [-0.4, -0.2) is 0 Å². The lowest BCUT2D eigenvalue weighted by atomic mass is 9.46. The van der Waals surface area contributed by atoms with E-state index in [0.717, 1.165) is 53.3 Å². The third-order valence-electron chi connectivity index (χ3n) is 20.1. The van der Waals surface area contributed by atoms with Gasteiger partial charge in [-0.05, 0) is 215 Å². The zero-order valence-corrected chi connectivity index (χ0v) is 35.0. The van der Waals surface area contributed by atoms with E-state index in [4.69, 9.17) is 0 Å². The zero-order chi connectivity index (χ0) is 35.8. The summed E-state index contributed by atoms with van der Waals surface area (Å²) in [6.45, 7) is 28.9. The molecule has 0 aromatic heterocycles. The van der Waals surface area contributed by atoms with Crippen molar-refractivity contribution in [2.75, 3.05) is 0 Å². The molecule has 11 aliphatic rings. The van der Waals surface area contributed by atoms with Crippen LogP contribution in [0.25, 0.3) is 0 Å². The Kier molecular flexibility index (Phi) is 7.18. The molecule has 0 amide bonds. The van der Waals surface area contributed by atoms with Crippen LogP contribution >= 0.6 is 0 Å². The summed E-state index contributed by atoms with van der Waals surface area (Å²) in [6, 6.07) is 0. The molecule has 0 heteroatoms. The maximum absolute atomic E-state index is 3.01. The van der Waals surface area contributed by atoms with Crippen molar-refractivity contribution < 1.29 is 0 Å². The first-order chi connectivity index (χ1) is 23.8. The molecule has 11 rings (SSSR count). The van der Waals surface area contributed by atoms with Crippen LogP contribution in [0.5, 0.6) is 0 Å². The number of hydrogen-bond acceptors (Lipinski definition) is 0. The fraction of sp³-hybridized carbons (Fsp3) is 0.843. The predicted molar refractivity (Wildman–Crippen MR) is 215 cm³/mol. The summed E-state index contributed by atoms with van der Waals surface area (Å²) in [5, 5.41) is 0. The van der Waals surface area contributed by atoms with E-state index in [0.29, 0.717) is 34.5 Å². The van der Waals surface area contributed by atoms with E-state index in [2.05, 4.69) is 100 Å². The second-order valence-corrected chi connectivity index (χ2v) is 25.0. The van der Waals surface area contributed by atoms with Gasteiger partial charge in [0, 0.05) is 0 Å². The normalized spacial score (nSPS) is 51.8. The van der Waals surface area contributed by atoms with E-state index in [-0.39, 0.29) is 21.7 Å². The summed E-state index contributed by atoms with van der Waals surface area (Å²) in [5.74, 6) is 11.3. The molecule has 51 heavy (non-hydrogen) atoms. The molecule has 0 spiro atoms. The van der Waals surface area contributed by atoms with Crippen LogP contribution in [0.15, 0.2) is 46.6 Å². The Balaban J connectivity index is 1.11. The maximum atomic E-state index is 3.01. The molecule has 0 aliphatic heterocycles. The molecule has 0 N–H and O–H groups in total. The van der Waals surface area contributed by atoms with Crippen LogP contribution in [0.4, 0.5) is 0 Å². The van der Waals surface area contributed by atoms with Crippen LogP contribution in [0.2, 0.25) is 0 Å². The summed E-state index contributed by atoms with van der Waals surface area (Å²) in [6.07, 6.45) is 31.5. The zero-order valence-electron chi connectivity index (χ0n) is 35.0. The van der Waals surface area contributed by atoms with Crippen molar-refractivity contribution in [2.45, 2.75) is 160 Å². The van der Waals surface area contributed by atoms with E-state index >= 15 is 0 Å². The topological polar surface area (TPSA) is 0 Å². The van der Waals surface area contributed by atoms with Crippen LogP contribution in [0.1, 0.15) is 160 Å². The van der Waals surface area contributed by atoms with Crippen molar-refractivity contribution in [3.05, 3.63) is 46.6 Å². The molecule has 0 saturated heterocycles. The molecule has 280 valence electrons. The average Bonchev–Trinajstić information content (AvgIpc) is 3.71. The van der Waals surface area contributed by atoms with Crippen molar-refractivity contribution in [1.82, 2.24) is 0 Å². The Labute approximate surface area is 314 Å². The minimum atomic E-state index is 0.288. The van der Waals surface area contributed by atoms with Gasteiger partial charge in [-0.25, -0.2) is 0 Å². The van der Waals surface area contributed by atoms with Gasteiger partial charge in [0.05, 0.1) is 0 Å². The molecule has 9 saturated carbocycles. The number of allylic oxidation sites excluding steroid dienone is 8. The molecule has 0 heterocycles. The Morgan fingerprint density at radius 3 is 1.27 bits per heavy atom. The largest absolute Gasteiger partial charge is 0.0764 e. The Hall–Kier alpha value is -1.04. The fourth-order valence-corrected chi connectivity index (χ4v) is 17.7. The van der Waals surface area contributed by atoms with Gasteiger partial charge in [0.1, 0.15) is 0 Å². The van der Waals surface area contributed by atoms with E-state index in [1.807, 2.05) is 0 Å². The molecule has 4 bridgehead atoms. The number of rotatable bonds is 3. The quantitative estimate of drug-likeness (QED) is 0.277. The number of fused-ring (bicyclic) bond motifs is 6. The Bertz CT molecular complexity index is 1500. The van der Waals surface area contributed by atoms with Gasteiger partial charge in [-0.2, -0.15) is 0 Å². The highest BCUT2D eigenvalue weighted by molar-refractivity contribution is 5.51. The summed E-state index contributed by atoms with van der Waals surface area (Å²) in [5.41, 5.74) is 9.30. The summed E-state index contributed by atoms with van der Waals surface area (Å²) in [4.78, 5) is 0. The minimum Gasteiger partial charge on any atom is -0.0764 e. The summed E-state index contributed by atoms with van der Waals surface area (Å²) < 4.78 is 0. The monoisotopic (exact) mass is 689 g/mol. The second-order valence-electron chi connectivity index (χ2n) is 25.0. The first-order valence-electron chi connectivity index (χ1n) is 22.7. The third kappa shape index (κ3) is 4.74. The smallest absolute Gasteiger partial charge is 0.00921 e. The SMILES string of the molecule is CC(C)[C@H]1CC(C)(C2C3C=C4C(=CC3C3C=C5C(=CC32)C(C)(C)CCC5(C)C)C(C)(C)CCC4(C)C)C2CC(C34CC5CC(CC(C5)C3)C4)CC21. The highest BCUT2D eigenvalue weighted by Crippen LogP contribution is 2.75. The van der Waals surface area contributed by atoms with Gasteiger partial charge in [-0.1, -0.05) is 100 Å². The van der Waals surface area contributed by atoms with Gasteiger partial charge in [-0.15, -0.1) is 0 Å². The second kappa shape index (κ2) is 10.6. The lowest BCUT2D eigenvalue weighted by Gasteiger charge is -2.59. The van der Waals surface area contributed by atoms with Crippen LogP contribution in [0.3, 0.4) is 0 Å². The lowest BCUT2D eigenvalue weighted by Crippen LogP contribution is -2.49. The lowest BCUT2D eigenvalue weighted by molar-refractivity contribution is -0.0901. The molecule has 0 nitrogen and oxygen atoms in total.